The van der Waals surface area contributed by atoms with Crippen LogP contribution in [0.2, 0.25) is 0 Å². The fourth-order valence-corrected chi connectivity index (χ4v) is 1.59. The Hall–Kier alpha value is -1.31. The van der Waals surface area contributed by atoms with Crippen LogP contribution in [0.25, 0.3) is 0 Å². The largest absolute Gasteiger partial charge is 0.469 e. The highest BCUT2D eigenvalue weighted by Gasteiger charge is 2.06. The Kier molecular flexibility index (Phi) is 4.35. The first-order valence-electron chi connectivity index (χ1n) is 5.32. The fourth-order valence-electron chi connectivity index (χ4n) is 1.59. The van der Waals surface area contributed by atoms with Crippen LogP contribution in [0, 0.1) is 6.92 Å². The van der Waals surface area contributed by atoms with Gasteiger partial charge >= 0.3 is 5.97 Å². The molecule has 0 saturated carbocycles. The Labute approximate surface area is 91.3 Å². The van der Waals surface area contributed by atoms with Crippen LogP contribution in [0.1, 0.15) is 30.0 Å². The number of ether oxygens (including phenoxy) is 1. The summed E-state index contributed by atoms with van der Waals surface area (Å²) >= 11 is 0. The Balaban J connectivity index is 2.85. The number of esters is 1. The van der Waals surface area contributed by atoms with Gasteiger partial charge in [0.05, 0.1) is 13.5 Å². The quantitative estimate of drug-likeness (QED) is 0.708. The minimum atomic E-state index is -0.174. The van der Waals surface area contributed by atoms with Crippen molar-refractivity contribution < 1.29 is 9.53 Å². The van der Waals surface area contributed by atoms with Crippen molar-refractivity contribution in [3.05, 3.63) is 34.9 Å². The second-order valence-corrected chi connectivity index (χ2v) is 3.76. The van der Waals surface area contributed by atoms with Crippen molar-refractivity contribution >= 4 is 5.97 Å². The highest BCUT2D eigenvalue weighted by molar-refractivity contribution is 5.72. The molecule has 0 N–H and O–H groups in total. The third kappa shape index (κ3) is 3.39. The highest BCUT2D eigenvalue weighted by atomic mass is 16.5. The van der Waals surface area contributed by atoms with Crippen molar-refractivity contribution in [1.82, 2.24) is 0 Å². The van der Waals surface area contributed by atoms with Crippen LogP contribution >= 0.6 is 0 Å². The first-order valence-corrected chi connectivity index (χ1v) is 5.32. The maximum atomic E-state index is 11.2. The van der Waals surface area contributed by atoms with Crippen LogP contribution < -0.4 is 0 Å². The molecule has 0 atom stereocenters. The molecule has 2 nitrogen and oxygen atoms in total. The van der Waals surface area contributed by atoms with E-state index < -0.39 is 0 Å². The van der Waals surface area contributed by atoms with Gasteiger partial charge < -0.3 is 4.74 Å². The molecule has 1 aromatic carbocycles. The second kappa shape index (κ2) is 5.54. The third-order valence-electron chi connectivity index (χ3n) is 2.51. The number of carbonyl (C=O) groups excluding carboxylic acids is 1. The normalized spacial score (nSPS) is 10.1. The molecular formula is C13H18O2. The van der Waals surface area contributed by atoms with Gasteiger partial charge in [0.15, 0.2) is 0 Å². The Morgan fingerprint density at radius 2 is 2.13 bits per heavy atom. The lowest BCUT2D eigenvalue weighted by Gasteiger charge is -2.07. The summed E-state index contributed by atoms with van der Waals surface area (Å²) in [5, 5.41) is 0. The van der Waals surface area contributed by atoms with Gasteiger partial charge in [-0.3, -0.25) is 4.79 Å². The molecule has 0 saturated heterocycles. The lowest BCUT2D eigenvalue weighted by molar-refractivity contribution is -0.139. The monoisotopic (exact) mass is 206 g/mol. The van der Waals surface area contributed by atoms with E-state index in [9.17, 15) is 4.79 Å². The zero-order valence-corrected chi connectivity index (χ0v) is 9.67. The van der Waals surface area contributed by atoms with E-state index in [1.165, 1.54) is 12.7 Å². The lowest BCUT2D eigenvalue weighted by atomic mass is 10.0. The van der Waals surface area contributed by atoms with Crippen molar-refractivity contribution in [2.75, 3.05) is 7.11 Å². The number of benzene rings is 1. The van der Waals surface area contributed by atoms with E-state index in [4.69, 9.17) is 0 Å². The van der Waals surface area contributed by atoms with Gasteiger partial charge in [-0.05, 0) is 30.0 Å². The van der Waals surface area contributed by atoms with Crippen molar-refractivity contribution in [1.29, 1.82) is 0 Å². The molecule has 0 aromatic heterocycles. The number of carbonyl (C=O) groups is 1. The van der Waals surface area contributed by atoms with Crippen molar-refractivity contribution in [3.63, 3.8) is 0 Å². The third-order valence-corrected chi connectivity index (χ3v) is 2.51. The van der Waals surface area contributed by atoms with Crippen LogP contribution in [-0.2, 0) is 22.4 Å². The Morgan fingerprint density at radius 1 is 1.40 bits per heavy atom. The molecule has 0 radical (unpaired) electrons. The molecule has 82 valence electrons. The summed E-state index contributed by atoms with van der Waals surface area (Å²) < 4.78 is 4.67. The smallest absolute Gasteiger partial charge is 0.309 e. The topological polar surface area (TPSA) is 26.3 Å². The van der Waals surface area contributed by atoms with E-state index >= 15 is 0 Å². The van der Waals surface area contributed by atoms with Crippen LogP contribution in [0.5, 0.6) is 0 Å². The number of hydrogen-bond donors (Lipinski definition) is 0. The van der Waals surface area contributed by atoms with E-state index in [1.54, 1.807) is 0 Å². The van der Waals surface area contributed by atoms with Gasteiger partial charge in [-0.25, -0.2) is 0 Å². The van der Waals surface area contributed by atoms with Gasteiger partial charge in [0, 0.05) is 0 Å². The molecular weight excluding hydrogens is 188 g/mol. The van der Waals surface area contributed by atoms with E-state index in [1.807, 2.05) is 6.92 Å². The van der Waals surface area contributed by atoms with Crippen molar-refractivity contribution in [3.8, 4) is 0 Å². The summed E-state index contributed by atoms with van der Waals surface area (Å²) in [6.07, 6.45) is 2.56. The molecule has 0 aliphatic rings. The molecule has 0 aliphatic heterocycles. The fraction of sp³-hybridized carbons (Fsp3) is 0.462. The molecule has 0 amide bonds. The van der Waals surface area contributed by atoms with E-state index in [0.29, 0.717) is 6.42 Å². The van der Waals surface area contributed by atoms with E-state index in [-0.39, 0.29) is 5.97 Å². The summed E-state index contributed by atoms with van der Waals surface area (Å²) in [5.74, 6) is -0.174. The van der Waals surface area contributed by atoms with Crippen LogP contribution in [0.15, 0.2) is 18.2 Å². The molecule has 1 rings (SSSR count). The predicted molar refractivity (Wildman–Crippen MR) is 60.9 cm³/mol. The van der Waals surface area contributed by atoms with Gasteiger partial charge in [0.2, 0.25) is 0 Å². The van der Waals surface area contributed by atoms with E-state index in [0.717, 1.165) is 24.0 Å². The maximum Gasteiger partial charge on any atom is 0.309 e. The highest BCUT2D eigenvalue weighted by Crippen LogP contribution is 2.13. The lowest BCUT2D eigenvalue weighted by Crippen LogP contribution is -2.06. The number of rotatable bonds is 4. The second-order valence-electron chi connectivity index (χ2n) is 3.76. The molecule has 0 bridgehead atoms. The molecule has 0 fully saturated rings. The summed E-state index contributed by atoms with van der Waals surface area (Å²) in [6.45, 7) is 4.17. The molecule has 2 heteroatoms. The summed E-state index contributed by atoms with van der Waals surface area (Å²) in [6, 6.07) is 6.30. The predicted octanol–water partition coefficient (Wildman–Crippen LogP) is 2.66. The van der Waals surface area contributed by atoms with Gasteiger partial charge in [-0.1, -0.05) is 31.5 Å². The SMILES string of the molecule is CCCc1ccc(C)c(CC(=O)OC)c1. The first kappa shape index (κ1) is 11.8. The van der Waals surface area contributed by atoms with Crippen LogP contribution in [0.3, 0.4) is 0 Å². The average Bonchev–Trinajstić information content (AvgIpc) is 2.23. The molecule has 0 unspecified atom stereocenters. The molecule has 15 heavy (non-hydrogen) atoms. The van der Waals surface area contributed by atoms with Gasteiger partial charge in [-0.2, -0.15) is 0 Å². The Morgan fingerprint density at radius 3 is 2.73 bits per heavy atom. The van der Waals surface area contributed by atoms with Crippen LogP contribution in [0.4, 0.5) is 0 Å². The standard InChI is InChI=1S/C13H18O2/c1-4-5-11-7-6-10(2)12(8-11)9-13(14)15-3/h6-8H,4-5,9H2,1-3H3. The van der Waals surface area contributed by atoms with Crippen molar-refractivity contribution in [2.24, 2.45) is 0 Å². The minimum absolute atomic E-state index is 0.174. The molecule has 0 aliphatic carbocycles. The first-order chi connectivity index (χ1) is 7.17. The van der Waals surface area contributed by atoms with Crippen LogP contribution in [-0.4, -0.2) is 13.1 Å². The summed E-state index contributed by atoms with van der Waals surface area (Å²) in [4.78, 5) is 11.2. The maximum absolute atomic E-state index is 11.2. The molecule has 1 aromatic rings. The van der Waals surface area contributed by atoms with Gasteiger partial charge in [0.25, 0.3) is 0 Å². The average molecular weight is 206 g/mol. The number of aryl methyl sites for hydroxylation is 2. The summed E-state index contributed by atoms with van der Waals surface area (Å²) in [5.41, 5.74) is 3.52. The van der Waals surface area contributed by atoms with Gasteiger partial charge in [0.1, 0.15) is 0 Å². The summed E-state index contributed by atoms with van der Waals surface area (Å²) in [7, 11) is 1.42. The van der Waals surface area contributed by atoms with E-state index in [2.05, 4.69) is 29.9 Å². The van der Waals surface area contributed by atoms with Gasteiger partial charge in [-0.15, -0.1) is 0 Å². The number of methoxy groups -OCH3 is 1. The minimum Gasteiger partial charge on any atom is -0.469 e. The van der Waals surface area contributed by atoms with Crippen molar-refractivity contribution in [2.45, 2.75) is 33.1 Å². The zero-order valence-electron chi connectivity index (χ0n) is 9.67. The zero-order chi connectivity index (χ0) is 11.3. The Bertz CT molecular complexity index is 342. The molecule has 0 spiro atoms. The number of hydrogen-bond acceptors (Lipinski definition) is 2. The molecule has 0 heterocycles.